The van der Waals surface area contributed by atoms with Crippen LogP contribution in [0.2, 0.25) is 0 Å². The highest BCUT2D eigenvalue weighted by Crippen LogP contribution is 2.33. The van der Waals surface area contributed by atoms with Crippen LogP contribution in [0.4, 0.5) is 24.5 Å². The maximum atomic E-state index is 12.7. The van der Waals surface area contributed by atoms with E-state index in [-0.39, 0.29) is 5.56 Å². The van der Waals surface area contributed by atoms with Crippen molar-refractivity contribution < 1.29 is 23.1 Å². The first-order chi connectivity index (χ1) is 12.3. The van der Waals surface area contributed by atoms with E-state index < -0.39 is 17.7 Å². The zero-order valence-corrected chi connectivity index (χ0v) is 13.2. The second-order valence-corrected chi connectivity index (χ2v) is 5.36. The number of carboxylic acids is 1. The average Bonchev–Trinajstić information content (AvgIpc) is 2.62. The number of anilines is 2. The summed E-state index contributed by atoms with van der Waals surface area (Å²) in [4.78, 5) is 19.2. The van der Waals surface area contributed by atoms with Gasteiger partial charge in [-0.25, -0.2) is 14.8 Å². The summed E-state index contributed by atoms with van der Waals surface area (Å²) < 4.78 is 38.0. The molecule has 0 fully saturated rings. The molecule has 0 amide bonds. The molecule has 0 radical (unpaired) electrons. The van der Waals surface area contributed by atoms with Crippen molar-refractivity contribution in [1.82, 2.24) is 9.97 Å². The molecule has 0 atom stereocenters. The molecule has 1 aromatic heterocycles. The zero-order valence-electron chi connectivity index (χ0n) is 13.2. The highest BCUT2D eigenvalue weighted by Gasteiger charge is 2.29. The molecule has 2 N–H and O–H groups in total. The summed E-state index contributed by atoms with van der Waals surface area (Å²) in [6, 6.07) is 10.5. The van der Waals surface area contributed by atoms with Gasteiger partial charge in [0, 0.05) is 23.1 Å². The van der Waals surface area contributed by atoms with Crippen LogP contribution < -0.4 is 5.32 Å². The molecule has 2 aromatic carbocycles. The molecule has 8 heteroatoms. The molecule has 5 nitrogen and oxygen atoms in total. The Balaban J connectivity index is 1.98. The topological polar surface area (TPSA) is 75.1 Å². The minimum Gasteiger partial charge on any atom is -0.478 e. The Morgan fingerprint density at radius 3 is 2.35 bits per heavy atom. The van der Waals surface area contributed by atoms with Crippen LogP contribution in [-0.2, 0) is 6.18 Å². The van der Waals surface area contributed by atoms with E-state index >= 15 is 0 Å². The molecular weight excluding hydrogens is 347 g/mol. The summed E-state index contributed by atoms with van der Waals surface area (Å²) in [6.07, 6.45) is -1.57. The molecule has 132 valence electrons. The Morgan fingerprint density at radius 1 is 1.04 bits per heavy atom. The van der Waals surface area contributed by atoms with Gasteiger partial charge in [0.25, 0.3) is 0 Å². The first-order valence-corrected chi connectivity index (χ1v) is 7.42. The summed E-state index contributed by atoms with van der Waals surface area (Å²) in [6.45, 7) is 0. The average molecular weight is 359 g/mol. The lowest BCUT2D eigenvalue weighted by molar-refractivity contribution is -0.137. The molecule has 0 saturated heterocycles. The second-order valence-electron chi connectivity index (χ2n) is 5.36. The summed E-state index contributed by atoms with van der Waals surface area (Å²) in [5, 5.41) is 12.2. The number of halogens is 3. The third-order valence-electron chi connectivity index (χ3n) is 3.62. The van der Waals surface area contributed by atoms with Crippen LogP contribution >= 0.6 is 0 Å². The number of aromatic carboxylic acids is 1. The van der Waals surface area contributed by atoms with Crippen molar-refractivity contribution in [1.29, 1.82) is 0 Å². The lowest BCUT2D eigenvalue weighted by atomic mass is 10.0. The first kappa shape index (κ1) is 17.4. The normalized spacial score (nSPS) is 11.2. The minimum absolute atomic E-state index is 0.0663. The van der Waals surface area contributed by atoms with Gasteiger partial charge in [0.2, 0.25) is 0 Å². The molecule has 0 aliphatic rings. The fourth-order valence-corrected chi connectivity index (χ4v) is 2.35. The molecule has 26 heavy (non-hydrogen) atoms. The molecule has 0 bridgehead atoms. The van der Waals surface area contributed by atoms with Crippen molar-refractivity contribution >= 4 is 17.3 Å². The number of rotatable bonds is 4. The third-order valence-corrected chi connectivity index (χ3v) is 3.62. The summed E-state index contributed by atoms with van der Waals surface area (Å²) in [7, 11) is 0. The number of aromatic nitrogens is 2. The first-order valence-electron chi connectivity index (χ1n) is 7.42. The van der Waals surface area contributed by atoms with Crippen LogP contribution in [0.5, 0.6) is 0 Å². The Morgan fingerprint density at radius 2 is 1.77 bits per heavy atom. The predicted octanol–water partition coefficient (Wildman–Crippen LogP) is 4.60. The van der Waals surface area contributed by atoms with Gasteiger partial charge in [-0.2, -0.15) is 13.2 Å². The third kappa shape index (κ3) is 3.80. The Kier molecular flexibility index (Phi) is 4.57. The van der Waals surface area contributed by atoms with Gasteiger partial charge in [0.05, 0.1) is 16.8 Å². The summed E-state index contributed by atoms with van der Waals surface area (Å²) in [5.41, 5.74) is 1.23. The Labute approximate surface area is 146 Å². The molecular formula is C18H12F3N3O2. The van der Waals surface area contributed by atoms with Gasteiger partial charge in [-0.05, 0) is 48.5 Å². The number of alkyl halides is 3. The van der Waals surface area contributed by atoms with E-state index in [4.69, 9.17) is 0 Å². The maximum absolute atomic E-state index is 12.7. The van der Waals surface area contributed by atoms with Crippen molar-refractivity contribution in [3.63, 3.8) is 0 Å². The zero-order chi connectivity index (χ0) is 18.7. The van der Waals surface area contributed by atoms with E-state index in [1.54, 1.807) is 12.1 Å². The molecule has 0 aliphatic heterocycles. The van der Waals surface area contributed by atoms with Gasteiger partial charge in [-0.15, -0.1) is 0 Å². The monoisotopic (exact) mass is 359 g/mol. The van der Waals surface area contributed by atoms with E-state index in [0.717, 1.165) is 12.1 Å². The number of carbonyl (C=O) groups is 1. The lowest BCUT2D eigenvalue weighted by Crippen LogP contribution is -2.04. The van der Waals surface area contributed by atoms with Gasteiger partial charge >= 0.3 is 12.1 Å². The summed E-state index contributed by atoms with van der Waals surface area (Å²) in [5.74, 6) is -1.10. The van der Waals surface area contributed by atoms with Crippen molar-refractivity contribution in [2.24, 2.45) is 0 Å². The minimum atomic E-state index is -4.41. The van der Waals surface area contributed by atoms with E-state index in [1.807, 2.05) is 0 Å². The van der Waals surface area contributed by atoms with Crippen LogP contribution in [0.25, 0.3) is 11.3 Å². The van der Waals surface area contributed by atoms with Crippen molar-refractivity contribution in [3.8, 4) is 11.3 Å². The maximum Gasteiger partial charge on any atom is 0.416 e. The lowest BCUT2D eigenvalue weighted by Gasteiger charge is -2.13. The second kappa shape index (κ2) is 6.83. The van der Waals surface area contributed by atoms with Crippen LogP contribution in [0.15, 0.2) is 61.1 Å². The highest BCUT2D eigenvalue weighted by atomic mass is 19.4. The molecule has 1 heterocycles. The van der Waals surface area contributed by atoms with Crippen LogP contribution in [-0.4, -0.2) is 21.0 Å². The fraction of sp³-hybridized carbons (Fsp3) is 0.0556. The van der Waals surface area contributed by atoms with E-state index in [0.29, 0.717) is 22.6 Å². The van der Waals surface area contributed by atoms with Gasteiger partial charge in [0.15, 0.2) is 0 Å². The number of hydrogen-bond donors (Lipinski definition) is 2. The van der Waals surface area contributed by atoms with Crippen LogP contribution in [0.3, 0.4) is 0 Å². The molecule has 0 aliphatic carbocycles. The van der Waals surface area contributed by atoms with Gasteiger partial charge < -0.3 is 10.4 Å². The van der Waals surface area contributed by atoms with E-state index in [2.05, 4.69) is 15.3 Å². The number of benzene rings is 2. The predicted molar refractivity (Wildman–Crippen MR) is 89.2 cm³/mol. The smallest absolute Gasteiger partial charge is 0.416 e. The van der Waals surface area contributed by atoms with Crippen molar-refractivity contribution in [2.75, 3.05) is 5.32 Å². The van der Waals surface area contributed by atoms with E-state index in [1.165, 1.54) is 36.8 Å². The number of hydrogen-bond acceptors (Lipinski definition) is 4. The molecule has 3 rings (SSSR count). The quantitative estimate of drug-likeness (QED) is 0.712. The molecule has 3 aromatic rings. The number of nitrogens with zero attached hydrogens (tertiary/aromatic N) is 2. The molecule has 0 spiro atoms. The van der Waals surface area contributed by atoms with Gasteiger partial charge in [-0.1, -0.05) is 0 Å². The van der Waals surface area contributed by atoms with E-state index in [9.17, 15) is 23.1 Å². The van der Waals surface area contributed by atoms with Crippen LogP contribution in [0, 0.1) is 0 Å². The number of carboxylic acid groups (broad SMARTS) is 1. The SMILES string of the molecule is O=C(O)c1ccc(Nc2ccc(C(F)(F)F)cc2)c(-c2ccncn2)c1. The van der Waals surface area contributed by atoms with Gasteiger partial charge in [0.1, 0.15) is 6.33 Å². The standard InChI is InChI=1S/C18H12F3N3O2/c19-18(20,21)12-2-4-13(5-3-12)24-16-6-1-11(17(25)26)9-14(16)15-7-8-22-10-23-15/h1-10,24H,(H,25,26). The number of nitrogens with one attached hydrogen (secondary N) is 1. The summed E-state index contributed by atoms with van der Waals surface area (Å²) >= 11 is 0. The Bertz CT molecular complexity index is 927. The fourth-order valence-electron chi connectivity index (χ4n) is 2.35. The molecule has 0 saturated carbocycles. The molecule has 0 unspecified atom stereocenters. The largest absolute Gasteiger partial charge is 0.478 e. The van der Waals surface area contributed by atoms with Gasteiger partial charge in [-0.3, -0.25) is 0 Å². The van der Waals surface area contributed by atoms with Crippen LogP contribution in [0.1, 0.15) is 15.9 Å². The Hall–Kier alpha value is -3.42. The highest BCUT2D eigenvalue weighted by molar-refractivity contribution is 5.92. The van der Waals surface area contributed by atoms with Crippen molar-refractivity contribution in [3.05, 3.63) is 72.2 Å². The van der Waals surface area contributed by atoms with Crippen molar-refractivity contribution in [2.45, 2.75) is 6.18 Å².